The van der Waals surface area contributed by atoms with Crippen LogP contribution in [0, 0.1) is 17.3 Å². The molecule has 1 amide bonds. The maximum atomic E-state index is 13.6. The van der Waals surface area contributed by atoms with Crippen LogP contribution < -0.4 is 14.8 Å². The van der Waals surface area contributed by atoms with Gasteiger partial charge in [0.05, 0.1) is 5.41 Å². The van der Waals surface area contributed by atoms with Crippen molar-refractivity contribution in [3.05, 3.63) is 23.8 Å². The SMILES string of the molecule is O=C(NCC1(c2ccc3c(c2)OCO3)CCOCC1)C12CC3CC(CC(Br)(C3)C1)C2. The summed E-state index contributed by atoms with van der Waals surface area (Å²) >= 11 is 4.04. The smallest absolute Gasteiger partial charge is 0.231 e. The van der Waals surface area contributed by atoms with Gasteiger partial charge in [0.1, 0.15) is 0 Å². The third-order valence-electron chi connectivity index (χ3n) is 8.49. The lowest BCUT2D eigenvalue weighted by Crippen LogP contribution is -2.59. The van der Waals surface area contributed by atoms with Gasteiger partial charge in [0.15, 0.2) is 11.5 Å². The van der Waals surface area contributed by atoms with Gasteiger partial charge in [0, 0.05) is 29.5 Å². The number of rotatable bonds is 4. The van der Waals surface area contributed by atoms with E-state index < -0.39 is 0 Å². The molecule has 4 aliphatic carbocycles. The largest absolute Gasteiger partial charge is 0.454 e. The first-order valence-electron chi connectivity index (χ1n) is 11.4. The molecule has 1 saturated heterocycles. The van der Waals surface area contributed by atoms with E-state index in [0.29, 0.717) is 18.4 Å². The van der Waals surface area contributed by atoms with Crippen molar-refractivity contribution in [3.63, 3.8) is 0 Å². The average molecular weight is 476 g/mol. The Kier molecular flexibility index (Phi) is 4.44. The zero-order valence-corrected chi connectivity index (χ0v) is 19.0. The molecule has 2 atom stereocenters. The molecule has 0 radical (unpaired) electrons. The van der Waals surface area contributed by atoms with E-state index in [4.69, 9.17) is 14.2 Å². The van der Waals surface area contributed by atoms with Crippen LogP contribution in [-0.4, -0.2) is 36.8 Å². The number of ether oxygens (including phenoxy) is 3. The van der Waals surface area contributed by atoms with Gasteiger partial charge >= 0.3 is 0 Å². The van der Waals surface area contributed by atoms with Gasteiger partial charge in [-0.1, -0.05) is 22.0 Å². The summed E-state index contributed by atoms with van der Waals surface area (Å²) in [5.74, 6) is 3.32. The van der Waals surface area contributed by atoms with E-state index in [1.54, 1.807) is 0 Å². The summed E-state index contributed by atoms with van der Waals surface area (Å²) in [6.45, 7) is 2.40. The molecule has 0 aromatic heterocycles. The van der Waals surface area contributed by atoms with Crippen molar-refractivity contribution in [3.8, 4) is 11.5 Å². The van der Waals surface area contributed by atoms with Gasteiger partial charge in [-0.05, 0) is 80.9 Å². The fourth-order valence-electron chi connectivity index (χ4n) is 7.41. The second-order valence-electron chi connectivity index (χ2n) is 10.5. The van der Waals surface area contributed by atoms with E-state index in [1.807, 2.05) is 6.07 Å². The second kappa shape index (κ2) is 6.86. The molecule has 5 nitrogen and oxygen atoms in total. The Balaban J connectivity index is 1.24. The number of fused-ring (bicyclic) bond motifs is 1. The van der Waals surface area contributed by atoms with Crippen LogP contribution in [-0.2, 0) is 14.9 Å². The van der Waals surface area contributed by atoms with Crippen molar-refractivity contribution in [2.75, 3.05) is 26.6 Å². The Bertz CT molecular complexity index is 851. The number of nitrogens with one attached hydrogen (secondary N) is 1. The van der Waals surface area contributed by atoms with Gasteiger partial charge in [0.2, 0.25) is 12.7 Å². The normalized spacial score (nSPS) is 37.9. The number of amides is 1. The highest BCUT2D eigenvalue weighted by molar-refractivity contribution is 9.10. The van der Waals surface area contributed by atoms with Crippen molar-refractivity contribution < 1.29 is 19.0 Å². The van der Waals surface area contributed by atoms with Gasteiger partial charge in [-0.2, -0.15) is 0 Å². The van der Waals surface area contributed by atoms with Crippen LogP contribution in [0.4, 0.5) is 0 Å². The maximum Gasteiger partial charge on any atom is 0.231 e. The average Bonchev–Trinajstić information content (AvgIpc) is 3.19. The predicted octanol–water partition coefficient (Wildman–Crippen LogP) is 4.31. The topological polar surface area (TPSA) is 56.8 Å². The molecule has 1 aromatic rings. The molecular formula is C24H30BrNO4. The minimum absolute atomic E-state index is 0.108. The summed E-state index contributed by atoms with van der Waals surface area (Å²) in [4.78, 5) is 13.6. The summed E-state index contributed by atoms with van der Waals surface area (Å²) in [5.41, 5.74) is 0.941. The number of carbonyl (C=O) groups excluding carboxylic acids is 1. The first-order valence-corrected chi connectivity index (χ1v) is 12.2. The lowest BCUT2D eigenvalue weighted by Gasteiger charge is -2.59. The summed E-state index contributed by atoms with van der Waals surface area (Å²) in [5, 5.41) is 3.45. The number of hydrogen-bond acceptors (Lipinski definition) is 4. The molecule has 4 bridgehead atoms. The van der Waals surface area contributed by atoms with Crippen molar-refractivity contribution in [2.24, 2.45) is 17.3 Å². The van der Waals surface area contributed by atoms with Crippen LogP contribution in [0.15, 0.2) is 18.2 Å². The third kappa shape index (κ3) is 3.09. The van der Waals surface area contributed by atoms with Crippen molar-refractivity contribution in [1.29, 1.82) is 0 Å². The number of alkyl halides is 1. The van der Waals surface area contributed by atoms with E-state index in [1.165, 1.54) is 24.8 Å². The lowest BCUT2D eigenvalue weighted by molar-refractivity contribution is -0.144. The number of carbonyl (C=O) groups is 1. The van der Waals surface area contributed by atoms with Crippen molar-refractivity contribution >= 4 is 21.8 Å². The fourth-order valence-corrected chi connectivity index (χ4v) is 8.86. The van der Waals surface area contributed by atoms with Crippen molar-refractivity contribution in [1.82, 2.24) is 5.32 Å². The molecular weight excluding hydrogens is 446 g/mol. The van der Waals surface area contributed by atoms with Gasteiger partial charge in [-0.15, -0.1) is 0 Å². The number of benzene rings is 1. The molecule has 162 valence electrons. The quantitative estimate of drug-likeness (QED) is 0.658. The van der Waals surface area contributed by atoms with E-state index in [-0.39, 0.29) is 27.9 Å². The molecule has 4 saturated carbocycles. The molecule has 30 heavy (non-hydrogen) atoms. The van der Waals surface area contributed by atoms with Crippen LogP contribution in [0.3, 0.4) is 0 Å². The number of halogens is 1. The van der Waals surface area contributed by atoms with Gasteiger partial charge < -0.3 is 19.5 Å². The molecule has 6 heteroatoms. The Hall–Kier alpha value is -1.27. The van der Waals surface area contributed by atoms with E-state index in [0.717, 1.165) is 56.8 Å². The van der Waals surface area contributed by atoms with Gasteiger partial charge in [-0.25, -0.2) is 0 Å². The van der Waals surface area contributed by atoms with Gasteiger partial charge in [0.25, 0.3) is 0 Å². The molecule has 7 rings (SSSR count). The highest BCUT2D eigenvalue weighted by atomic mass is 79.9. The summed E-state index contributed by atoms with van der Waals surface area (Å²) in [7, 11) is 0. The fraction of sp³-hybridized carbons (Fsp3) is 0.708. The molecule has 1 N–H and O–H groups in total. The Morgan fingerprint density at radius 1 is 1.07 bits per heavy atom. The van der Waals surface area contributed by atoms with Crippen LogP contribution >= 0.6 is 15.9 Å². The lowest BCUT2D eigenvalue weighted by atomic mass is 9.49. The van der Waals surface area contributed by atoms with Crippen LogP contribution in [0.2, 0.25) is 0 Å². The zero-order valence-electron chi connectivity index (χ0n) is 17.4. The standard InChI is InChI=1S/C24H30BrNO4/c25-24-11-16-7-17(12-24)10-23(9-16,13-24)21(27)26-14-22(3-5-28-6-4-22)18-1-2-19-20(8-18)30-15-29-19/h1-2,8,16-17H,3-7,9-15H2,(H,26,27). The van der Waals surface area contributed by atoms with Crippen molar-refractivity contribution in [2.45, 2.75) is 61.1 Å². The first-order chi connectivity index (χ1) is 14.5. The molecule has 5 fully saturated rings. The first kappa shape index (κ1) is 19.4. The van der Waals surface area contributed by atoms with Crippen LogP contribution in [0.25, 0.3) is 0 Å². The van der Waals surface area contributed by atoms with Crippen LogP contribution in [0.1, 0.15) is 56.9 Å². The van der Waals surface area contributed by atoms with E-state index in [9.17, 15) is 4.79 Å². The molecule has 2 heterocycles. The molecule has 1 aromatic carbocycles. The number of hydrogen-bond donors (Lipinski definition) is 1. The van der Waals surface area contributed by atoms with E-state index >= 15 is 0 Å². The highest BCUT2D eigenvalue weighted by Crippen LogP contribution is 2.64. The summed E-state index contributed by atoms with van der Waals surface area (Å²) < 4.78 is 17.0. The molecule has 6 aliphatic rings. The van der Waals surface area contributed by atoms with Crippen LogP contribution in [0.5, 0.6) is 11.5 Å². The maximum absolute atomic E-state index is 13.6. The minimum Gasteiger partial charge on any atom is -0.454 e. The Morgan fingerprint density at radius 2 is 1.80 bits per heavy atom. The molecule has 0 spiro atoms. The second-order valence-corrected chi connectivity index (χ2v) is 12.2. The van der Waals surface area contributed by atoms with Gasteiger partial charge in [-0.3, -0.25) is 4.79 Å². The molecule has 2 unspecified atom stereocenters. The third-order valence-corrected chi connectivity index (χ3v) is 9.42. The molecule has 2 aliphatic heterocycles. The Morgan fingerprint density at radius 3 is 2.53 bits per heavy atom. The summed E-state index contributed by atoms with van der Waals surface area (Å²) in [6.07, 6.45) is 8.78. The van der Waals surface area contributed by atoms with E-state index in [2.05, 4.69) is 33.4 Å². The predicted molar refractivity (Wildman–Crippen MR) is 116 cm³/mol. The Labute approximate surface area is 186 Å². The monoisotopic (exact) mass is 475 g/mol. The highest BCUT2D eigenvalue weighted by Gasteiger charge is 2.59. The summed E-state index contributed by atoms with van der Waals surface area (Å²) in [6, 6.07) is 6.26. The zero-order chi connectivity index (χ0) is 20.4. The minimum atomic E-state index is -0.172.